The third-order valence-electron chi connectivity index (χ3n) is 3.96. The SMILES string of the molecule is COC(=O)CCCCOc1ccccc1N(C)C(=O)c1ccc(Cl)c(Br)c1. The van der Waals surface area contributed by atoms with Crippen LogP contribution in [0.4, 0.5) is 5.69 Å². The zero-order valence-electron chi connectivity index (χ0n) is 15.2. The van der Waals surface area contributed by atoms with Gasteiger partial charge in [-0.2, -0.15) is 0 Å². The number of methoxy groups -OCH3 is 1. The molecule has 0 atom stereocenters. The van der Waals surface area contributed by atoms with Crippen molar-refractivity contribution in [3.63, 3.8) is 0 Å². The minimum absolute atomic E-state index is 0.172. The van der Waals surface area contributed by atoms with Crippen molar-refractivity contribution in [2.24, 2.45) is 0 Å². The Labute approximate surface area is 172 Å². The number of esters is 1. The van der Waals surface area contributed by atoms with Gasteiger partial charge in [-0.15, -0.1) is 0 Å². The van der Waals surface area contributed by atoms with E-state index in [4.69, 9.17) is 16.3 Å². The highest BCUT2D eigenvalue weighted by atomic mass is 79.9. The second-order valence-corrected chi connectivity index (χ2v) is 7.10. The Balaban J connectivity index is 2.03. The summed E-state index contributed by atoms with van der Waals surface area (Å²) < 4.78 is 11.1. The average molecular weight is 455 g/mol. The number of carbonyl (C=O) groups excluding carboxylic acids is 2. The summed E-state index contributed by atoms with van der Waals surface area (Å²) in [5.41, 5.74) is 1.18. The summed E-state index contributed by atoms with van der Waals surface area (Å²) in [5, 5.41) is 0.546. The predicted octanol–water partition coefficient (Wildman–Crippen LogP) is 5.10. The molecule has 144 valence electrons. The minimum atomic E-state index is -0.227. The number of carbonyl (C=O) groups is 2. The second-order valence-electron chi connectivity index (χ2n) is 5.84. The number of anilines is 1. The molecule has 0 aliphatic heterocycles. The summed E-state index contributed by atoms with van der Waals surface area (Å²) in [6, 6.07) is 12.4. The van der Waals surface area contributed by atoms with E-state index in [0.717, 1.165) is 0 Å². The molecule has 27 heavy (non-hydrogen) atoms. The van der Waals surface area contributed by atoms with Crippen molar-refractivity contribution in [1.82, 2.24) is 0 Å². The normalized spacial score (nSPS) is 10.4. The van der Waals surface area contributed by atoms with Crippen LogP contribution in [-0.2, 0) is 9.53 Å². The van der Waals surface area contributed by atoms with E-state index < -0.39 is 0 Å². The molecule has 7 heteroatoms. The molecule has 0 radical (unpaired) electrons. The Hall–Kier alpha value is -2.05. The van der Waals surface area contributed by atoms with E-state index in [0.29, 0.717) is 52.4 Å². The van der Waals surface area contributed by atoms with Gasteiger partial charge in [0, 0.05) is 23.5 Å². The second kappa shape index (κ2) is 10.3. The third kappa shape index (κ3) is 5.97. The van der Waals surface area contributed by atoms with Crippen molar-refractivity contribution < 1.29 is 19.1 Å². The number of unbranched alkanes of at least 4 members (excludes halogenated alkanes) is 1. The van der Waals surface area contributed by atoms with E-state index in [-0.39, 0.29) is 11.9 Å². The zero-order chi connectivity index (χ0) is 19.8. The van der Waals surface area contributed by atoms with E-state index in [1.54, 1.807) is 30.1 Å². The molecule has 0 saturated carbocycles. The van der Waals surface area contributed by atoms with Crippen LogP contribution in [0.1, 0.15) is 29.6 Å². The lowest BCUT2D eigenvalue weighted by Crippen LogP contribution is -2.26. The van der Waals surface area contributed by atoms with Gasteiger partial charge >= 0.3 is 5.97 Å². The number of amides is 1. The van der Waals surface area contributed by atoms with Crippen molar-refractivity contribution in [1.29, 1.82) is 0 Å². The maximum absolute atomic E-state index is 12.8. The Morgan fingerprint density at radius 2 is 1.89 bits per heavy atom. The molecule has 0 heterocycles. The van der Waals surface area contributed by atoms with Crippen LogP contribution in [0.3, 0.4) is 0 Å². The summed E-state index contributed by atoms with van der Waals surface area (Å²) in [4.78, 5) is 25.5. The first-order valence-corrected chi connectivity index (χ1v) is 9.63. The minimum Gasteiger partial charge on any atom is -0.491 e. The summed E-state index contributed by atoms with van der Waals surface area (Å²) in [7, 11) is 3.07. The standard InChI is InChI=1S/C20H21BrClNO4/c1-23(20(25)14-10-11-16(22)15(21)13-14)17-7-3-4-8-18(17)27-12-6-5-9-19(24)26-2/h3-4,7-8,10-11,13H,5-6,9,12H2,1-2H3. The maximum Gasteiger partial charge on any atom is 0.305 e. The van der Waals surface area contributed by atoms with Crippen LogP contribution in [0.15, 0.2) is 46.9 Å². The molecule has 0 N–H and O–H groups in total. The molecule has 0 aliphatic carbocycles. The Morgan fingerprint density at radius 1 is 1.15 bits per heavy atom. The lowest BCUT2D eigenvalue weighted by molar-refractivity contribution is -0.140. The van der Waals surface area contributed by atoms with Crippen molar-refractivity contribution in [2.75, 3.05) is 25.7 Å². The van der Waals surface area contributed by atoms with Crippen molar-refractivity contribution >= 4 is 45.1 Å². The first-order chi connectivity index (χ1) is 12.9. The molecule has 0 aromatic heterocycles. The maximum atomic E-state index is 12.8. The molecular formula is C20H21BrClNO4. The van der Waals surface area contributed by atoms with Gasteiger partial charge in [0.25, 0.3) is 5.91 Å². The number of rotatable bonds is 8. The highest BCUT2D eigenvalue weighted by Crippen LogP contribution is 2.30. The molecule has 0 spiro atoms. The molecule has 1 amide bonds. The fraction of sp³-hybridized carbons (Fsp3) is 0.300. The average Bonchev–Trinajstić information content (AvgIpc) is 2.68. The fourth-order valence-electron chi connectivity index (χ4n) is 2.44. The molecular weight excluding hydrogens is 434 g/mol. The molecule has 0 bridgehead atoms. The van der Waals surface area contributed by atoms with Gasteiger partial charge in [-0.3, -0.25) is 9.59 Å². The molecule has 0 aliphatic rings. The van der Waals surface area contributed by atoms with Gasteiger partial charge in [0.2, 0.25) is 0 Å². The van der Waals surface area contributed by atoms with E-state index in [2.05, 4.69) is 20.7 Å². The Morgan fingerprint density at radius 3 is 2.59 bits per heavy atom. The van der Waals surface area contributed by atoms with Crippen LogP contribution in [-0.4, -0.2) is 32.6 Å². The lowest BCUT2D eigenvalue weighted by atomic mass is 10.2. The van der Waals surface area contributed by atoms with Crippen molar-refractivity contribution in [3.05, 3.63) is 57.5 Å². The molecule has 5 nitrogen and oxygen atoms in total. The molecule has 2 rings (SSSR count). The highest BCUT2D eigenvalue weighted by Gasteiger charge is 2.18. The summed E-state index contributed by atoms with van der Waals surface area (Å²) in [6.07, 6.45) is 1.76. The van der Waals surface area contributed by atoms with Crippen LogP contribution < -0.4 is 9.64 Å². The quantitative estimate of drug-likeness (QED) is 0.411. The number of halogens is 2. The lowest BCUT2D eigenvalue weighted by Gasteiger charge is -2.21. The number of nitrogens with zero attached hydrogens (tertiary/aromatic N) is 1. The zero-order valence-corrected chi connectivity index (χ0v) is 17.5. The van der Waals surface area contributed by atoms with E-state index >= 15 is 0 Å². The summed E-state index contributed by atoms with van der Waals surface area (Å²) >= 11 is 9.34. The first-order valence-electron chi connectivity index (χ1n) is 8.45. The van der Waals surface area contributed by atoms with Gasteiger partial charge in [-0.25, -0.2) is 0 Å². The van der Waals surface area contributed by atoms with Crippen LogP contribution in [0.2, 0.25) is 5.02 Å². The topological polar surface area (TPSA) is 55.8 Å². The van der Waals surface area contributed by atoms with Gasteiger partial charge in [-0.1, -0.05) is 23.7 Å². The smallest absolute Gasteiger partial charge is 0.305 e. The van der Waals surface area contributed by atoms with Crippen molar-refractivity contribution in [2.45, 2.75) is 19.3 Å². The number of benzene rings is 2. The number of hydrogen-bond acceptors (Lipinski definition) is 4. The number of ether oxygens (including phenoxy) is 2. The number of para-hydroxylation sites is 2. The van der Waals surface area contributed by atoms with Crippen LogP contribution in [0.5, 0.6) is 5.75 Å². The highest BCUT2D eigenvalue weighted by molar-refractivity contribution is 9.10. The van der Waals surface area contributed by atoms with E-state index in [9.17, 15) is 9.59 Å². The number of hydrogen-bond donors (Lipinski definition) is 0. The van der Waals surface area contributed by atoms with Crippen molar-refractivity contribution in [3.8, 4) is 5.75 Å². The predicted molar refractivity (Wildman–Crippen MR) is 110 cm³/mol. The van der Waals surface area contributed by atoms with E-state index in [1.165, 1.54) is 7.11 Å². The Kier molecular flexibility index (Phi) is 8.13. The van der Waals surface area contributed by atoms with Gasteiger partial charge in [0.1, 0.15) is 5.75 Å². The molecule has 2 aromatic carbocycles. The van der Waals surface area contributed by atoms with Gasteiger partial charge in [0.05, 0.1) is 24.4 Å². The molecule has 0 unspecified atom stereocenters. The fourth-order valence-corrected chi connectivity index (χ4v) is 2.94. The van der Waals surface area contributed by atoms with E-state index in [1.807, 2.05) is 24.3 Å². The van der Waals surface area contributed by atoms with Crippen LogP contribution in [0.25, 0.3) is 0 Å². The molecule has 2 aromatic rings. The largest absolute Gasteiger partial charge is 0.491 e. The van der Waals surface area contributed by atoms with Crippen LogP contribution in [0, 0.1) is 0 Å². The summed E-state index contributed by atoms with van der Waals surface area (Å²) in [5.74, 6) is 0.211. The Bertz CT molecular complexity index is 812. The molecule has 0 saturated heterocycles. The summed E-state index contributed by atoms with van der Waals surface area (Å²) in [6.45, 7) is 0.447. The van der Waals surface area contributed by atoms with Gasteiger partial charge in [-0.05, 0) is 59.1 Å². The first kappa shape index (κ1) is 21.3. The monoisotopic (exact) mass is 453 g/mol. The third-order valence-corrected chi connectivity index (χ3v) is 5.17. The molecule has 0 fully saturated rings. The van der Waals surface area contributed by atoms with Gasteiger partial charge < -0.3 is 14.4 Å². The van der Waals surface area contributed by atoms with Crippen LogP contribution >= 0.6 is 27.5 Å². The van der Waals surface area contributed by atoms with Gasteiger partial charge in [0.15, 0.2) is 0 Å².